The van der Waals surface area contributed by atoms with Crippen molar-refractivity contribution in [3.05, 3.63) is 58.9 Å². The van der Waals surface area contributed by atoms with Gasteiger partial charge in [0.1, 0.15) is 5.82 Å². The Labute approximate surface area is 169 Å². The molecule has 1 saturated heterocycles. The number of nitrogens with zero attached hydrogens (tertiary/aromatic N) is 1. The first-order chi connectivity index (χ1) is 13.8. The molecule has 3 rings (SSSR count). The van der Waals surface area contributed by atoms with Gasteiger partial charge in [0.15, 0.2) is 0 Å². The van der Waals surface area contributed by atoms with Gasteiger partial charge >= 0.3 is 11.8 Å². The van der Waals surface area contributed by atoms with Crippen molar-refractivity contribution in [1.29, 1.82) is 0 Å². The van der Waals surface area contributed by atoms with Crippen LogP contribution in [-0.2, 0) is 14.4 Å². The molecule has 6 nitrogen and oxygen atoms in total. The van der Waals surface area contributed by atoms with Crippen LogP contribution < -0.4 is 10.6 Å². The maximum absolute atomic E-state index is 14.1. The van der Waals surface area contributed by atoms with E-state index in [1.807, 2.05) is 32.0 Å². The molecule has 2 N–H and O–H groups in total. The van der Waals surface area contributed by atoms with Crippen LogP contribution in [0.4, 0.5) is 15.8 Å². The molecule has 2 aromatic carbocycles. The predicted octanol–water partition coefficient (Wildman–Crippen LogP) is 3.70. The third-order valence-electron chi connectivity index (χ3n) is 5.16. The second kappa shape index (κ2) is 8.43. The van der Waals surface area contributed by atoms with Crippen molar-refractivity contribution in [2.24, 2.45) is 0 Å². The summed E-state index contributed by atoms with van der Waals surface area (Å²) in [5, 5.41) is 4.85. The number of carbonyl (C=O) groups excluding carboxylic acids is 3. The number of amides is 3. The number of nitrogens with one attached hydrogen (secondary N) is 2. The first-order valence-electron chi connectivity index (χ1n) is 9.52. The molecule has 2 aromatic rings. The van der Waals surface area contributed by atoms with Gasteiger partial charge in [0.25, 0.3) is 0 Å². The summed E-state index contributed by atoms with van der Waals surface area (Å²) < 4.78 is 14.1. The highest BCUT2D eigenvalue weighted by Gasteiger charge is 2.33. The SMILES string of the molecule is CC(=O)Nc1ccc(F)c(NC(=O)C(=O)N2CCCC2c2ccc(C)c(C)c2)c1. The normalized spacial score (nSPS) is 15.9. The lowest BCUT2D eigenvalue weighted by Crippen LogP contribution is -2.39. The summed E-state index contributed by atoms with van der Waals surface area (Å²) >= 11 is 0. The second-order valence-electron chi connectivity index (χ2n) is 7.33. The summed E-state index contributed by atoms with van der Waals surface area (Å²) in [5.41, 5.74) is 3.46. The molecule has 0 radical (unpaired) electrons. The average Bonchev–Trinajstić information content (AvgIpc) is 3.15. The molecule has 1 unspecified atom stereocenters. The molecule has 0 aliphatic carbocycles. The number of halogens is 1. The fraction of sp³-hybridized carbons (Fsp3) is 0.318. The standard InChI is InChI=1S/C22H24FN3O3/c1-13-6-7-16(11-14(13)2)20-5-4-10-26(20)22(29)21(28)25-19-12-17(24-15(3)27)8-9-18(19)23/h6-9,11-12,20H,4-5,10H2,1-3H3,(H,24,27)(H,25,28). The van der Waals surface area contributed by atoms with Crippen molar-refractivity contribution in [3.63, 3.8) is 0 Å². The van der Waals surface area contributed by atoms with Crippen molar-refractivity contribution in [1.82, 2.24) is 4.90 Å². The second-order valence-corrected chi connectivity index (χ2v) is 7.33. The van der Waals surface area contributed by atoms with Gasteiger partial charge in [0.2, 0.25) is 5.91 Å². The maximum Gasteiger partial charge on any atom is 0.314 e. The number of carbonyl (C=O) groups is 3. The minimum atomic E-state index is -0.903. The van der Waals surface area contributed by atoms with Crippen molar-refractivity contribution < 1.29 is 18.8 Å². The largest absolute Gasteiger partial charge is 0.327 e. The van der Waals surface area contributed by atoms with E-state index in [4.69, 9.17) is 0 Å². The van der Waals surface area contributed by atoms with Crippen LogP contribution in [0, 0.1) is 19.7 Å². The first kappa shape index (κ1) is 20.5. The summed E-state index contributed by atoms with van der Waals surface area (Å²) in [7, 11) is 0. The van der Waals surface area contributed by atoms with Crippen LogP contribution >= 0.6 is 0 Å². The smallest absolute Gasteiger partial charge is 0.314 e. The zero-order valence-corrected chi connectivity index (χ0v) is 16.7. The molecule has 0 saturated carbocycles. The Bertz CT molecular complexity index is 974. The molecule has 0 aromatic heterocycles. The van der Waals surface area contributed by atoms with E-state index in [1.54, 1.807) is 0 Å². The molecule has 0 spiro atoms. The number of anilines is 2. The molecule has 1 atom stereocenters. The number of hydrogen-bond donors (Lipinski definition) is 2. The van der Waals surface area contributed by atoms with Gasteiger partial charge in [-0.05, 0) is 61.6 Å². The van der Waals surface area contributed by atoms with E-state index < -0.39 is 17.6 Å². The van der Waals surface area contributed by atoms with Gasteiger partial charge in [-0.2, -0.15) is 0 Å². The molecule has 7 heteroatoms. The van der Waals surface area contributed by atoms with Crippen LogP contribution in [0.3, 0.4) is 0 Å². The van der Waals surface area contributed by atoms with Crippen LogP contribution in [0.25, 0.3) is 0 Å². The molecule has 1 aliphatic rings. The number of rotatable bonds is 3. The van der Waals surface area contributed by atoms with E-state index in [0.717, 1.165) is 35.6 Å². The monoisotopic (exact) mass is 397 g/mol. The molecule has 29 heavy (non-hydrogen) atoms. The van der Waals surface area contributed by atoms with E-state index in [-0.39, 0.29) is 17.6 Å². The molecule has 1 aliphatic heterocycles. The van der Waals surface area contributed by atoms with Crippen LogP contribution in [0.2, 0.25) is 0 Å². The topological polar surface area (TPSA) is 78.5 Å². The lowest BCUT2D eigenvalue weighted by atomic mass is 9.99. The summed E-state index contributed by atoms with van der Waals surface area (Å²) in [6, 6.07) is 9.64. The zero-order chi connectivity index (χ0) is 21.1. The summed E-state index contributed by atoms with van der Waals surface area (Å²) in [6.07, 6.45) is 1.57. The Kier molecular flexibility index (Phi) is 5.96. The molecule has 1 heterocycles. The Morgan fingerprint density at radius 3 is 2.48 bits per heavy atom. The third kappa shape index (κ3) is 4.62. The van der Waals surface area contributed by atoms with E-state index >= 15 is 0 Å². The number of aryl methyl sites for hydroxylation is 2. The first-order valence-corrected chi connectivity index (χ1v) is 9.52. The summed E-state index contributed by atoms with van der Waals surface area (Å²) in [6.45, 7) is 5.83. The minimum absolute atomic E-state index is 0.156. The van der Waals surface area contributed by atoms with Gasteiger partial charge in [-0.1, -0.05) is 18.2 Å². The van der Waals surface area contributed by atoms with Crippen molar-refractivity contribution >= 4 is 29.1 Å². The third-order valence-corrected chi connectivity index (χ3v) is 5.16. The minimum Gasteiger partial charge on any atom is -0.327 e. The highest BCUT2D eigenvalue weighted by Crippen LogP contribution is 2.33. The van der Waals surface area contributed by atoms with Gasteiger partial charge in [-0.25, -0.2) is 4.39 Å². The van der Waals surface area contributed by atoms with Gasteiger partial charge in [-0.15, -0.1) is 0 Å². The number of hydrogen-bond acceptors (Lipinski definition) is 3. The molecule has 1 fully saturated rings. The number of benzene rings is 2. The average molecular weight is 397 g/mol. The molecular weight excluding hydrogens is 373 g/mol. The van der Waals surface area contributed by atoms with E-state index in [0.29, 0.717) is 12.2 Å². The Morgan fingerprint density at radius 1 is 1.03 bits per heavy atom. The van der Waals surface area contributed by atoms with Crippen molar-refractivity contribution in [3.8, 4) is 0 Å². The Morgan fingerprint density at radius 2 is 1.79 bits per heavy atom. The van der Waals surface area contributed by atoms with Crippen molar-refractivity contribution in [2.75, 3.05) is 17.2 Å². The molecule has 152 valence electrons. The Balaban J connectivity index is 1.76. The van der Waals surface area contributed by atoms with Gasteiger partial charge in [-0.3, -0.25) is 14.4 Å². The fourth-order valence-electron chi connectivity index (χ4n) is 3.54. The van der Waals surface area contributed by atoms with Crippen molar-refractivity contribution in [2.45, 2.75) is 39.7 Å². The zero-order valence-electron chi connectivity index (χ0n) is 16.7. The highest BCUT2D eigenvalue weighted by atomic mass is 19.1. The van der Waals surface area contributed by atoms with Gasteiger partial charge in [0.05, 0.1) is 11.7 Å². The van der Waals surface area contributed by atoms with Crippen LogP contribution in [0.1, 0.15) is 42.5 Å². The van der Waals surface area contributed by atoms with E-state index in [2.05, 4.69) is 10.6 Å². The lowest BCUT2D eigenvalue weighted by molar-refractivity contribution is -0.143. The maximum atomic E-state index is 14.1. The van der Waals surface area contributed by atoms with Crippen LogP contribution in [0.5, 0.6) is 0 Å². The Hall–Kier alpha value is -3.22. The molecule has 0 bridgehead atoms. The summed E-state index contributed by atoms with van der Waals surface area (Å²) in [5.74, 6) is -2.61. The molecule has 3 amide bonds. The fourth-order valence-corrected chi connectivity index (χ4v) is 3.54. The van der Waals surface area contributed by atoms with Crippen LogP contribution in [0.15, 0.2) is 36.4 Å². The van der Waals surface area contributed by atoms with E-state index in [1.165, 1.54) is 24.0 Å². The molecular formula is C22H24FN3O3. The lowest BCUT2D eigenvalue weighted by Gasteiger charge is -2.25. The highest BCUT2D eigenvalue weighted by molar-refractivity contribution is 6.39. The van der Waals surface area contributed by atoms with Crippen LogP contribution in [-0.4, -0.2) is 29.2 Å². The quantitative estimate of drug-likeness (QED) is 0.775. The van der Waals surface area contributed by atoms with Gasteiger partial charge in [0, 0.05) is 19.2 Å². The van der Waals surface area contributed by atoms with E-state index in [9.17, 15) is 18.8 Å². The summed E-state index contributed by atoms with van der Waals surface area (Å²) in [4.78, 5) is 38.0. The predicted molar refractivity (Wildman–Crippen MR) is 109 cm³/mol. The van der Waals surface area contributed by atoms with Gasteiger partial charge < -0.3 is 15.5 Å². The number of likely N-dealkylation sites (tertiary alicyclic amines) is 1.